The van der Waals surface area contributed by atoms with Crippen LogP contribution < -0.4 is 5.32 Å². The fourth-order valence-corrected chi connectivity index (χ4v) is 3.38. The Kier molecular flexibility index (Phi) is 3.59. The summed E-state index contributed by atoms with van der Waals surface area (Å²) in [4.78, 5) is 12.8. The number of nitrogens with one attached hydrogen (secondary N) is 1. The summed E-state index contributed by atoms with van der Waals surface area (Å²) in [6.07, 6.45) is 1.34. The van der Waals surface area contributed by atoms with E-state index in [9.17, 15) is 9.90 Å². The van der Waals surface area contributed by atoms with Gasteiger partial charge in [-0.15, -0.1) is 11.3 Å². The molecule has 1 unspecified atom stereocenters. The van der Waals surface area contributed by atoms with Crippen LogP contribution in [0.25, 0.3) is 0 Å². The van der Waals surface area contributed by atoms with Crippen molar-refractivity contribution in [2.75, 3.05) is 5.32 Å². The van der Waals surface area contributed by atoms with Crippen LogP contribution in [0, 0.1) is 0 Å². The minimum absolute atomic E-state index is 0.0119. The Morgan fingerprint density at radius 2 is 2.30 bits per heavy atom. The Balaban J connectivity index is 1.95. The molecule has 2 aromatic rings. The number of aliphatic hydroxyl groups is 1. The van der Waals surface area contributed by atoms with E-state index in [1.165, 1.54) is 5.56 Å². The zero-order valence-corrected chi connectivity index (χ0v) is 12.2. The summed E-state index contributed by atoms with van der Waals surface area (Å²) in [6.45, 7) is 2.08. The lowest BCUT2D eigenvalue weighted by Gasteiger charge is -2.16. The Morgan fingerprint density at radius 1 is 1.45 bits per heavy atom. The molecule has 0 saturated heterocycles. The van der Waals surface area contributed by atoms with Crippen LogP contribution in [0.2, 0.25) is 0 Å². The Morgan fingerprint density at radius 3 is 3.00 bits per heavy atom. The number of hydrogen-bond donors (Lipinski definition) is 2. The molecule has 1 atom stereocenters. The number of carbonyl (C=O) groups is 1. The van der Waals surface area contributed by atoms with Gasteiger partial charge < -0.3 is 10.4 Å². The van der Waals surface area contributed by atoms with Crippen molar-refractivity contribution in [2.24, 2.45) is 0 Å². The number of rotatable bonds is 4. The molecule has 0 fully saturated rings. The van der Waals surface area contributed by atoms with Crippen molar-refractivity contribution < 1.29 is 9.90 Å². The molecule has 0 radical (unpaired) electrons. The molecule has 0 bridgehead atoms. The number of benzene rings is 1. The molecule has 4 heteroatoms. The largest absolute Gasteiger partial charge is 0.388 e. The Hall–Kier alpha value is -1.65. The molecule has 1 aromatic heterocycles. The average molecular weight is 287 g/mol. The van der Waals surface area contributed by atoms with Crippen molar-refractivity contribution in [3.63, 3.8) is 0 Å². The Bertz CT molecular complexity index is 634. The molecule has 1 aromatic carbocycles. The summed E-state index contributed by atoms with van der Waals surface area (Å²) < 4.78 is 0. The first-order valence-electron chi connectivity index (χ1n) is 6.83. The highest BCUT2D eigenvalue weighted by Gasteiger charge is 2.24. The predicted octanol–water partition coefficient (Wildman–Crippen LogP) is 3.08. The van der Waals surface area contributed by atoms with E-state index in [4.69, 9.17) is 0 Å². The van der Waals surface area contributed by atoms with Gasteiger partial charge in [0.15, 0.2) is 0 Å². The van der Waals surface area contributed by atoms with E-state index in [1.54, 1.807) is 11.3 Å². The van der Waals surface area contributed by atoms with Gasteiger partial charge in [0.25, 0.3) is 0 Å². The molecular weight excluding hydrogens is 270 g/mol. The first kappa shape index (κ1) is 13.3. The molecule has 1 aliphatic rings. The Labute approximate surface area is 122 Å². The fraction of sp³-hybridized carbons (Fsp3) is 0.312. The monoisotopic (exact) mass is 287 g/mol. The predicted molar refractivity (Wildman–Crippen MR) is 81.1 cm³/mol. The van der Waals surface area contributed by atoms with Gasteiger partial charge in [-0.05, 0) is 29.0 Å². The minimum Gasteiger partial charge on any atom is -0.388 e. The van der Waals surface area contributed by atoms with E-state index < -0.39 is 6.10 Å². The van der Waals surface area contributed by atoms with E-state index in [0.717, 1.165) is 28.1 Å². The fourth-order valence-electron chi connectivity index (χ4n) is 2.64. The van der Waals surface area contributed by atoms with E-state index in [0.29, 0.717) is 12.8 Å². The van der Waals surface area contributed by atoms with Gasteiger partial charge in [0.05, 0.1) is 18.2 Å². The van der Waals surface area contributed by atoms with Crippen LogP contribution in [0.5, 0.6) is 0 Å². The highest BCUT2D eigenvalue weighted by atomic mass is 32.1. The molecule has 0 spiro atoms. The minimum atomic E-state index is -0.577. The molecule has 0 aliphatic carbocycles. The van der Waals surface area contributed by atoms with Gasteiger partial charge in [-0.3, -0.25) is 4.79 Å². The summed E-state index contributed by atoms with van der Waals surface area (Å²) in [5.41, 5.74) is 3.84. The highest BCUT2D eigenvalue weighted by Crippen LogP contribution is 2.34. The lowest BCUT2D eigenvalue weighted by atomic mass is 9.96. The van der Waals surface area contributed by atoms with Crippen molar-refractivity contribution in [2.45, 2.75) is 32.3 Å². The number of thiophene rings is 1. The third-order valence-electron chi connectivity index (χ3n) is 3.67. The first-order chi connectivity index (χ1) is 9.67. The average Bonchev–Trinajstić information content (AvgIpc) is 3.05. The van der Waals surface area contributed by atoms with E-state index in [1.807, 2.05) is 23.6 Å². The lowest BCUT2D eigenvalue weighted by Crippen LogP contribution is -2.08. The zero-order chi connectivity index (χ0) is 14.1. The zero-order valence-electron chi connectivity index (χ0n) is 11.3. The van der Waals surface area contributed by atoms with Crippen molar-refractivity contribution in [3.8, 4) is 0 Å². The van der Waals surface area contributed by atoms with Gasteiger partial charge in [-0.25, -0.2) is 0 Å². The second-order valence-electron chi connectivity index (χ2n) is 5.10. The molecule has 0 saturated carbocycles. The van der Waals surface area contributed by atoms with Crippen molar-refractivity contribution in [1.29, 1.82) is 0 Å². The SMILES string of the molecule is CCc1cc2c(c(C(O)Cc3cccs3)c1)NC(=O)C2. The molecule has 3 nitrogen and oxygen atoms in total. The van der Waals surface area contributed by atoms with Gasteiger partial charge in [-0.2, -0.15) is 0 Å². The van der Waals surface area contributed by atoms with Crippen LogP contribution >= 0.6 is 11.3 Å². The van der Waals surface area contributed by atoms with E-state index in [-0.39, 0.29) is 5.91 Å². The summed E-state index contributed by atoms with van der Waals surface area (Å²) in [6, 6.07) is 8.09. The number of anilines is 1. The second kappa shape index (κ2) is 5.38. The van der Waals surface area contributed by atoms with Crippen LogP contribution in [0.1, 0.15) is 34.6 Å². The van der Waals surface area contributed by atoms with Crippen molar-refractivity contribution in [3.05, 3.63) is 51.2 Å². The summed E-state index contributed by atoms with van der Waals surface area (Å²) in [7, 11) is 0. The smallest absolute Gasteiger partial charge is 0.228 e. The molecule has 104 valence electrons. The molecule has 1 amide bonds. The third kappa shape index (κ3) is 2.49. The molecule has 2 N–H and O–H groups in total. The molecular formula is C16H17NO2S. The summed E-state index contributed by atoms with van der Waals surface area (Å²) >= 11 is 1.64. The normalized spacial score (nSPS) is 15.0. The molecule has 1 aliphatic heterocycles. The van der Waals surface area contributed by atoms with Gasteiger partial charge in [0.1, 0.15) is 0 Å². The lowest BCUT2D eigenvalue weighted by molar-refractivity contribution is -0.115. The summed E-state index contributed by atoms with van der Waals surface area (Å²) in [5.74, 6) is 0.0119. The number of aryl methyl sites for hydroxylation is 1. The van der Waals surface area contributed by atoms with Gasteiger partial charge in [0.2, 0.25) is 5.91 Å². The maximum Gasteiger partial charge on any atom is 0.228 e. The number of carbonyl (C=O) groups excluding carboxylic acids is 1. The van der Waals surface area contributed by atoms with Crippen LogP contribution in [-0.4, -0.2) is 11.0 Å². The van der Waals surface area contributed by atoms with E-state index >= 15 is 0 Å². The van der Waals surface area contributed by atoms with Crippen molar-refractivity contribution in [1.82, 2.24) is 0 Å². The van der Waals surface area contributed by atoms with Gasteiger partial charge in [0, 0.05) is 16.9 Å². The highest BCUT2D eigenvalue weighted by molar-refractivity contribution is 7.09. The standard InChI is InChI=1S/C16H17NO2S/c1-2-10-6-11-8-15(19)17-16(11)13(7-10)14(18)9-12-4-3-5-20-12/h3-7,14,18H,2,8-9H2,1H3,(H,17,19). The maximum absolute atomic E-state index is 11.6. The van der Waals surface area contributed by atoms with Crippen molar-refractivity contribution >= 4 is 22.9 Å². The summed E-state index contributed by atoms with van der Waals surface area (Å²) in [5, 5.41) is 15.4. The first-order valence-corrected chi connectivity index (χ1v) is 7.71. The molecule has 2 heterocycles. The van der Waals surface area contributed by atoms with Crippen LogP contribution in [0.3, 0.4) is 0 Å². The van der Waals surface area contributed by atoms with Gasteiger partial charge in [-0.1, -0.05) is 25.1 Å². The second-order valence-corrected chi connectivity index (χ2v) is 6.13. The van der Waals surface area contributed by atoms with Crippen LogP contribution in [0.4, 0.5) is 5.69 Å². The number of fused-ring (bicyclic) bond motifs is 1. The third-order valence-corrected chi connectivity index (χ3v) is 4.57. The molecule has 20 heavy (non-hydrogen) atoms. The van der Waals surface area contributed by atoms with Crippen LogP contribution in [-0.2, 0) is 24.1 Å². The number of aliphatic hydroxyl groups excluding tert-OH is 1. The number of hydrogen-bond acceptors (Lipinski definition) is 3. The maximum atomic E-state index is 11.6. The van der Waals surface area contributed by atoms with E-state index in [2.05, 4.69) is 18.3 Å². The number of amides is 1. The van der Waals surface area contributed by atoms with Gasteiger partial charge >= 0.3 is 0 Å². The quantitative estimate of drug-likeness (QED) is 0.908. The topological polar surface area (TPSA) is 49.3 Å². The van der Waals surface area contributed by atoms with Crippen LogP contribution in [0.15, 0.2) is 29.6 Å². The molecule has 3 rings (SSSR count).